The monoisotopic (exact) mass is 290 g/mol. The predicted octanol–water partition coefficient (Wildman–Crippen LogP) is 2.01. The van der Waals surface area contributed by atoms with Gasteiger partial charge < -0.3 is 14.6 Å². The van der Waals surface area contributed by atoms with Crippen LogP contribution < -0.4 is 10.1 Å². The van der Waals surface area contributed by atoms with Gasteiger partial charge in [-0.05, 0) is 18.4 Å². The summed E-state index contributed by atoms with van der Waals surface area (Å²) in [5, 5.41) is 8.92. The normalized spacial score (nSPS) is 10.7. The number of anilines is 1. The molecule has 102 valence electrons. The molecule has 0 radical (unpaired) electrons. The van der Waals surface area contributed by atoms with Gasteiger partial charge in [0.05, 0.1) is 5.39 Å². The second-order valence-corrected chi connectivity index (χ2v) is 4.87. The van der Waals surface area contributed by atoms with Crippen molar-refractivity contribution in [3.8, 4) is 5.88 Å². The summed E-state index contributed by atoms with van der Waals surface area (Å²) in [5.41, 5.74) is 0. The molecule has 7 nitrogen and oxygen atoms in total. The zero-order chi connectivity index (χ0) is 13.9. The Hall–Kier alpha value is -2.48. The molecule has 0 fully saturated rings. The average molecular weight is 290 g/mol. The van der Waals surface area contributed by atoms with E-state index in [9.17, 15) is 4.79 Å². The Balaban J connectivity index is 1.64. The summed E-state index contributed by atoms with van der Waals surface area (Å²) in [6.07, 6.45) is 1.41. The number of hydrogen-bond donors (Lipinski definition) is 1. The van der Waals surface area contributed by atoms with E-state index in [-0.39, 0.29) is 12.5 Å². The van der Waals surface area contributed by atoms with Gasteiger partial charge in [0.1, 0.15) is 16.9 Å². The van der Waals surface area contributed by atoms with Crippen LogP contribution in [0.4, 0.5) is 5.82 Å². The quantitative estimate of drug-likeness (QED) is 0.790. The fraction of sp³-hybridized carbons (Fsp3) is 0.167. The molecular weight excluding hydrogens is 280 g/mol. The largest absolute Gasteiger partial charge is 0.467 e. The van der Waals surface area contributed by atoms with Gasteiger partial charge in [-0.2, -0.15) is 0 Å². The van der Waals surface area contributed by atoms with E-state index in [0.717, 1.165) is 10.2 Å². The molecule has 0 aliphatic rings. The van der Waals surface area contributed by atoms with Crippen LogP contribution in [0.5, 0.6) is 5.88 Å². The van der Waals surface area contributed by atoms with E-state index >= 15 is 0 Å². The third-order valence-electron chi connectivity index (χ3n) is 2.46. The molecule has 0 aromatic carbocycles. The lowest BCUT2D eigenvalue weighted by Crippen LogP contribution is -2.20. The summed E-state index contributed by atoms with van der Waals surface area (Å²) < 4.78 is 10.3. The third-order valence-corrected chi connectivity index (χ3v) is 3.28. The Morgan fingerprint density at radius 1 is 1.50 bits per heavy atom. The molecule has 0 unspecified atom stereocenters. The summed E-state index contributed by atoms with van der Waals surface area (Å²) in [6, 6.07) is 3.48. The Kier molecular flexibility index (Phi) is 3.30. The second-order valence-electron chi connectivity index (χ2n) is 3.98. The molecule has 0 atom stereocenters. The number of carbonyl (C=O) groups excluding carboxylic acids is 1. The van der Waals surface area contributed by atoms with Crippen molar-refractivity contribution in [3.63, 3.8) is 0 Å². The van der Waals surface area contributed by atoms with E-state index in [1.807, 2.05) is 11.4 Å². The molecule has 0 bridgehead atoms. The Morgan fingerprint density at radius 3 is 3.20 bits per heavy atom. The Labute approximate surface area is 117 Å². The molecule has 0 spiro atoms. The second kappa shape index (κ2) is 5.25. The zero-order valence-corrected chi connectivity index (χ0v) is 11.3. The molecule has 0 aliphatic carbocycles. The van der Waals surface area contributed by atoms with Crippen molar-refractivity contribution in [2.75, 3.05) is 11.9 Å². The van der Waals surface area contributed by atoms with Crippen molar-refractivity contribution in [1.82, 2.24) is 15.1 Å². The van der Waals surface area contributed by atoms with E-state index in [1.54, 1.807) is 13.0 Å². The Morgan fingerprint density at radius 2 is 2.40 bits per heavy atom. The van der Waals surface area contributed by atoms with Crippen LogP contribution in [-0.4, -0.2) is 27.6 Å². The minimum absolute atomic E-state index is 0.159. The number of carbonyl (C=O) groups is 1. The summed E-state index contributed by atoms with van der Waals surface area (Å²) >= 11 is 1.49. The molecule has 0 saturated carbocycles. The van der Waals surface area contributed by atoms with Gasteiger partial charge >= 0.3 is 0 Å². The number of ether oxygens (including phenoxy) is 1. The topological polar surface area (TPSA) is 90.1 Å². The van der Waals surface area contributed by atoms with Crippen molar-refractivity contribution < 1.29 is 14.1 Å². The van der Waals surface area contributed by atoms with E-state index in [0.29, 0.717) is 17.5 Å². The van der Waals surface area contributed by atoms with Crippen LogP contribution in [0.15, 0.2) is 28.4 Å². The van der Waals surface area contributed by atoms with Gasteiger partial charge in [0, 0.05) is 6.07 Å². The van der Waals surface area contributed by atoms with Crippen LogP contribution in [0.3, 0.4) is 0 Å². The molecule has 20 heavy (non-hydrogen) atoms. The molecule has 3 aromatic rings. The maximum absolute atomic E-state index is 11.7. The molecular formula is C12H10N4O3S. The first-order valence-corrected chi connectivity index (χ1v) is 6.64. The van der Waals surface area contributed by atoms with E-state index in [1.165, 1.54) is 17.7 Å². The van der Waals surface area contributed by atoms with Gasteiger partial charge in [0.15, 0.2) is 12.4 Å². The number of thiophene rings is 1. The first-order valence-electron chi connectivity index (χ1n) is 5.76. The highest BCUT2D eigenvalue weighted by Crippen LogP contribution is 2.25. The van der Waals surface area contributed by atoms with Gasteiger partial charge in [-0.3, -0.25) is 4.79 Å². The smallest absolute Gasteiger partial charge is 0.263 e. The molecule has 3 rings (SSSR count). The van der Waals surface area contributed by atoms with Crippen molar-refractivity contribution in [2.45, 2.75) is 6.92 Å². The SMILES string of the molecule is Cc1cc(NC(=O)COc2ncnc3sccc23)no1. The molecule has 0 aliphatic heterocycles. The summed E-state index contributed by atoms with van der Waals surface area (Å²) in [5.74, 6) is 1.04. The first kappa shape index (κ1) is 12.5. The van der Waals surface area contributed by atoms with E-state index in [4.69, 9.17) is 9.26 Å². The highest BCUT2D eigenvalue weighted by atomic mass is 32.1. The Bertz CT molecular complexity index is 752. The van der Waals surface area contributed by atoms with Crippen LogP contribution in [0.1, 0.15) is 5.76 Å². The molecule has 1 amide bonds. The van der Waals surface area contributed by atoms with Crippen LogP contribution in [0, 0.1) is 6.92 Å². The first-order chi connectivity index (χ1) is 9.72. The fourth-order valence-corrected chi connectivity index (χ4v) is 2.34. The van der Waals surface area contributed by atoms with Crippen LogP contribution in [0.25, 0.3) is 10.2 Å². The number of nitrogens with zero attached hydrogens (tertiary/aromatic N) is 3. The van der Waals surface area contributed by atoms with Gasteiger partial charge in [0.2, 0.25) is 5.88 Å². The third kappa shape index (κ3) is 2.59. The number of nitrogens with one attached hydrogen (secondary N) is 1. The van der Waals surface area contributed by atoms with Crippen molar-refractivity contribution in [3.05, 3.63) is 29.6 Å². The van der Waals surface area contributed by atoms with Gasteiger partial charge in [0.25, 0.3) is 5.91 Å². The van der Waals surface area contributed by atoms with E-state index in [2.05, 4.69) is 20.4 Å². The average Bonchev–Trinajstić information content (AvgIpc) is 3.05. The summed E-state index contributed by atoms with van der Waals surface area (Å²) in [6.45, 7) is 1.58. The van der Waals surface area contributed by atoms with Crippen molar-refractivity contribution in [2.24, 2.45) is 0 Å². The van der Waals surface area contributed by atoms with Gasteiger partial charge in [-0.15, -0.1) is 11.3 Å². The number of amides is 1. The molecule has 3 heterocycles. The molecule has 8 heteroatoms. The predicted molar refractivity (Wildman–Crippen MR) is 72.8 cm³/mol. The van der Waals surface area contributed by atoms with Crippen LogP contribution >= 0.6 is 11.3 Å². The number of aromatic nitrogens is 3. The molecule has 0 saturated heterocycles. The lowest BCUT2D eigenvalue weighted by molar-refractivity contribution is -0.118. The summed E-state index contributed by atoms with van der Waals surface area (Å²) in [4.78, 5) is 20.7. The maximum atomic E-state index is 11.7. The van der Waals surface area contributed by atoms with Crippen LogP contribution in [-0.2, 0) is 4.79 Å². The standard InChI is InChI=1S/C12H10N4O3S/c1-7-4-9(16-19-7)15-10(17)5-18-11-8-2-3-20-12(8)14-6-13-11/h2-4,6H,5H2,1H3,(H,15,16,17). The summed E-state index contributed by atoms with van der Waals surface area (Å²) in [7, 11) is 0. The lowest BCUT2D eigenvalue weighted by atomic mass is 10.4. The number of rotatable bonds is 4. The molecule has 3 aromatic heterocycles. The minimum Gasteiger partial charge on any atom is -0.467 e. The number of hydrogen-bond acceptors (Lipinski definition) is 7. The van der Waals surface area contributed by atoms with Crippen molar-refractivity contribution >= 4 is 33.3 Å². The fourth-order valence-electron chi connectivity index (χ4n) is 1.62. The molecule has 1 N–H and O–H groups in total. The zero-order valence-electron chi connectivity index (χ0n) is 10.5. The van der Waals surface area contributed by atoms with Crippen LogP contribution in [0.2, 0.25) is 0 Å². The number of fused-ring (bicyclic) bond motifs is 1. The van der Waals surface area contributed by atoms with E-state index < -0.39 is 0 Å². The highest BCUT2D eigenvalue weighted by Gasteiger charge is 2.10. The lowest BCUT2D eigenvalue weighted by Gasteiger charge is -2.05. The van der Waals surface area contributed by atoms with Crippen molar-refractivity contribution in [1.29, 1.82) is 0 Å². The number of aryl methyl sites for hydroxylation is 1. The van der Waals surface area contributed by atoms with Gasteiger partial charge in [-0.1, -0.05) is 5.16 Å². The maximum Gasteiger partial charge on any atom is 0.263 e. The van der Waals surface area contributed by atoms with Gasteiger partial charge in [-0.25, -0.2) is 9.97 Å². The minimum atomic E-state index is -0.333. The highest BCUT2D eigenvalue weighted by molar-refractivity contribution is 7.16.